The molecular weight excluding hydrogens is 384 g/mol. The average molecular weight is 411 g/mol. The van der Waals surface area contributed by atoms with Crippen molar-refractivity contribution in [1.29, 1.82) is 0 Å². The number of unbranched alkanes of at least 4 members (excludes halogenated alkanes) is 1. The van der Waals surface area contributed by atoms with Crippen molar-refractivity contribution < 1.29 is 13.2 Å². The second-order valence-electron chi connectivity index (χ2n) is 6.79. The smallest absolute Gasteiger partial charge is 0.233 e. The van der Waals surface area contributed by atoms with Gasteiger partial charge in [0.15, 0.2) is 15.0 Å². The van der Waals surface area contributed by atoms with Crippen LogP contribution >= 0.6 is 11.8 Å². The van der Waals surface area contributed by atoms with Crippen LogP contribution < -0.4 is 0 Å². The largest absolute Gasteiger partial charge is 0.338 e. The van der Waals surface area contributed by atoms with Gasteiger partial charge < -0.3 is 9.47 Å². The van der Waals surface area contributed by atoms with Crippen LogP contribution in [-0.2, 0) is 21.2 Å². The van der Waals surface area contributed by atoms with Crippen LogP contribution in [0.3, 0.4) is 0 Å². The lowest BCUT2D eigenvalue weighted by Gasteiger charge is -2.28. The Morgan fingerprint density at radius 3 is 2.89 bits per heavy atom. The van der Waals surface area contributed by atoms with Gasteiger partial charge in [-0.15, -0.1) is 0 Å². The molecule has 0 N–H and O–H groups in total. The van der Waals surface area contributed by atoms with E-state index in [1.165, 1.54) is 11.8 Å². The van der Waals surface area contributed by atoms with Crippen molar-refractivity contribution in [3.8, 4) is 0 Å². The monoisotopic (exact) mass is 410 g/mol. The van der Waals surface area contributed by atoms with E-state index in [9.17, 15) is 13.2 Å². The van der Waals surface area contributed by atoms with Crippen molar-refractivity contribution in [3.63, 3.8) is 0 Å². The molecule has 9 heteroatoms. The molecule has 0 aliphatic carbocycles. The van der Waals surface area contributed by atoms with Crippen molar-refractivity contribution >= 4 is 38.5 Å². The van der Waals surface area contributed by atoms with Crippen molar-refractivity contribution in [2.45, 2.75) is 50.9 Å². The third-order valence-corrected chi connectivity index (χ3v) is 7.59. The Labute approximate surface area is 164 Å². The standard InChI is InChI=1S/C18H26N4O3S2/c1-3-5-9-22(14-7-10-27(24,25)13-14)17(23)12-26-18-20-15-11-19-8-6-16(15)21(18)4-2/h6,8,11,14H,3-5,7,9-10,12-13H2,1-2H3/t14-/m1/s1. The molecular formula is C18H26N4O3S2. The van der Waals surface area contributed by atoms with Gasteiger partial charge in [-0.05, 0) is 25.8 Å². The van der Waals surface area contributed by atoms with Crippen LogP contribution in [0.15, 0.2) is 23.6 Å². The number of amides is 1. The number of pyridine rings is 1. The maximum absolute atomic E-state index is 12.9. The van der Waals surface area contributed by atoms with E-state index in [4.69, 9.17) is 0 Å². The zero-order valence-corrected chi connectivity index (χ0v) is 17.4. The number of hydrogen-bond acceptors (Lipinski definition) is 6. The summed E-state index contributed by atoms with van der Waals surface area (Å²) in [5.74, 6) is 0.520. The highest BCUT2D eigenvalue weighted by Crippen LogP contribution is 2.25. The van der Waals surface area contributed by atoms with Gasteiger partial charge in [-0.1, -0.05) is 25.1 Å². The van der Waals surface area contributed by atoms with E-state index in [0.717, 1.165) is 35.6 Å². The van der Waals surface area contributed by atoms with Gasteiger partial charge >= 0.3 is 0 Å². The molecule has 0 bridgehead atoms. The van der Waals surface area contributed by atoms with Crippen LogP contribution in [0.2, 0.25) is 0 Å². The van der Waals surface area contributed by atoms with E-state index in [1.807, 2.05) is 13.0 Å². The molecule has 3 heterocycles. The van der Waals surface area contributed by atoms with Crippen LogP contribution in [0, 0.1) is 0 Å². The van der Waals surface area contributed by atoms with E-state index in [1.54, 1.807) is 17.3 Å². The Balaban J connectivity index is 1.72. The van der Waals surface area contributed by atoms with Crippen molar-refractivity contribution in [3.05, 3.63) is 18.5 Å². The SMILES string of the molecule is CCCCN(C(=O)CSc1nc2cnccc2n1CC)[C@@H]1CCS(=O)(=O)C1. The second-order valence-corrected chi connectivity index (χ2v) is 9.96. The fourth-order valence-corrected chi connectivity index (χ4v) is 6.14. The Morgan fingerprint density at radius 1 is 1.41 bits per heavy atom. The molecule has 1 aliphatic rings. The van der Waals surface area contributed by atoms with Crippen LogP contribution in [0.1, 0.15) is 33.1 Å². The first-order chi connectivity index (χ1) is 12.9. The van der Waals surface area contributed by atoms with Gasteiger partial charge in [-0.25, -0.2) is 13.4 Å². The molecule has 1 amide bonds. The van der Waals surface area contributed by atoms with Crippen LogP contribution in [0.25, 0.3) is 11.0 Å². The van der Waals surface area contributed by atoms with Crippen LogP contribution in [0.5, 0.6) is 0 Å². The summed E-state index contributed by atoms with van der Waals surface area (Å²) in [5, 5.41) is 0.795. The van der Waals surface area contributed by atoms with E-state index in [0.29, 0.717) is 13.0 Å². The molecule has 148 valence electrons. The first-order valence-corrected chi connectivity index (χ1v) is 12.2. The third kappa shape index (κ3) is 4.63. The molecule has 3 rings (SSSR count). The van der Waals surface area contributed by atoms with Gasteiger partial charge in [0.1, 0.15) is 5.52 Å². The maximum Gasteiger partial charge on any atom is 0.233 e. The number of nitrogens with zero attached hydrogens (tertiary/aromatic N) is 4. The topological polar surface area (TPSA) is 85.2 Å². The second kappa shape index (κ2) is 8.60. The minimum atomic E-state index is -3.02. The highest BCUT2D eigenvalue weighted by molar-refractivity contribution is 7.99. The lowest BCUT2D eigenvalue weighted by atomic mass is 10.2. The molecule has 2 aromatic rings. The molecule has 1 saturated heterocycles. The van der Waals surface area contributed by atoms with E-state index in [2.05, 4.69) is 21.5 Å². The number of aryl methyl sites for hydroxylation is 1. The number of fused-ring (bicyclic) bond motifs is 1. The summed E-state index contributed by atoms with van der Waals surface area (Å²) in [6.45, 7) is 5.49. The lowest BCUT2D eigenvalue weighted by Crippen LogP contribution is -2.42. The first-order valence-electron chi connectivity index (χ1n) is 9.38. The zero-order chi connectivity index (χ0) is 19.4. The van der Waals surface area contributed by atoms with Crippen LogP contribution in [-0.4, -0.2) is 63.6 Å². The predicted molar refractivity (Wildman–Crippen MR) is 108 cm³/mol. The summed E-state index contributed by atoms with van der Waals surface area (Å²) in [6, 6.07) is 1.73. The van der Waals surface area contributed by atoms with E-state index < -0.39 is 9.84 Å². The highest BCUT2D eigenvalue weighted by Gasteiger charge is 2.34. The molecule has 0 saturated carbocycles. The summed E-state index contributed by atoms with van der Waals surface area (Å²) < 4.78 is 25.8. The van der Waals surface area contributed by atoms with Gasteiger partial charge in [-0.3, -0.25) is 9.78 Å². The number of carbonyl (C=O) groups excluding carboxylic acids is 1. The predicted octanol–water partition coefficient (Wildman–Crippen LogP) is 2.36. The number of imidazole rings is 1. The average Bonchev–Trinajstić information content (AvgIpc) is 3.19. The molecule has 1 fully saturated rings. The molecule has 2 aromatic heterocycles. The Morgan fingerprint density at radius 2 is 2.22 bits per heavy atom. The van der Waals surface area contributed by atoms with E-state index >= 15 is 0 Å². The van der Waals surface area contributed by atoms with Crippen molar-refractivity contribution in [2.24, 2.45) is 0 Å². The molecule has 0 aromatic carbocycles. The normalized spacial score (nSPS) is 18.8. The summed E-state index contributed by atoms with van der Waals surface area (Å²) in [6.07, 6.45) is 5.86. The Kier molecular flexibility index (Phi) is 6.41. The first kappa shape index (κ1) is 20.1. The molecule has 1 atom stereocenters. The van der Waals surface area contributed by atoms with Gasteiger partial charge in [-0.2, -0.15) is 0 Å². The molecule has 27 heavy (non-hydrogen) atoms. The third-order valence-electron chi connectivity index (χ3n) is 4.88. The number of rotatable bonds is 8. The summed E-state index contributed by atoms with van der Waals surface area (Å²) in [5.41, 5.74) is 1.83. The number of aromatic nitrogens is 3. The van der Waals surface area contributed by atoms with Crippen molar-refractivity contribution in [2.75, 3.05) is 23.8 Å². The lowest BCUT2D eigenvalue weighted by molar-refractivity contribution is -0.130. The summed E-state index contributed by atoms with van der Waals surface area (Å²) in [4.78, 5) is 23.4. The fraction of sp³-hybridized carbons (Fsp3) is 0.611. The van der Waals surface area contributed by atoms with Gasteiger partial charge in [0, 0.05) is 25.3 Å². The molecule has 0 radical (unpaired) electrons. The van der Waals surface area contributed by atoms with Crippen molar-refractivity contribution in [1.82, 2.24) is 19.4 Å². The molecule has 0 unspecified atom stereocenters. The quantitative estimate of drug-likeness (QED) is 0.621. The molecule has 0 spiro atoms. The number of hydrogen-bond donors (Lipinski definition) is 0. The zero-order valence-electron chi connectivity index (χ0n) is 15.8. The fourth-order valence-electron chi connectivity index (χ4n) is 3.45. The number of carbonyl (C=O) groups is 1. The van der Waals surface area contributed by atoms with Crippen LogP contribution in [0.4, 0.5) is 0 Å². The maximum atomic E-state index is 12.9. The van der Waals surface area contributed by atoms with Gasteiger partial charge in [0.05, 0.1) is 29.0 Å². The Hall–Kier alpha value is -1.61. The number of thioether (sulfide) groups is 1. The number of sulfone groups is 1. The highest BCUT2D eigenvalue weighted by atomic mass is 32.2. The minimum Gasteiger partial charge on any atom is -0.338 e. The van der Waals surface area contributed by atoms with Gasteiger partial charge in [0.2, 0.25) is 5.91 Å². The molecule has 1 aliphatic heterocycles. The Bertz CT molecular complexity index is 910. The van der Waals surface area contributed by atoms with E-state index in [-0.39, 0.29) is 29.2 Å². The van der Waals surface area contributed by atoms with Gasteiger partial charge in [0.25, 0.3) is 0 Å². The summed E-state index contributed by atoms with van der Waals surface area (Å²) >= 11 is 1.41. The summed E-state index contributed by atoms with van der Waals surface area (Å²) in [7, 11) is -3.02. The minimum absolute atomic E-state index is 0.0108. The molecule has 7 nitrogen and oxygen atoms in total.